The highest BCUT2D eigenvalue weighted by molar-refractivity contribution is 5.89. The Morgan fingerprint density at radius 2 is 1.22 bits per heavy atom. The van der Waals surface area contributed by atoms with Gasteiger partial charge in [0.2, 0.25) is 0 Å². The summed E-state index contributed by atoms with van der Waals surface area (Å²) < 4.78 is 4.73. The molecule has 2 fully saturated rings. The maximum Gasteiger partial charge on any atom is 0.317 e. The first-order chi connectivity index (χ1) is 17.4. The van der Waals surface area contributed by atoms with Gasteiger partial charge in [0.1, 0.15) is 0 Å². The molecule has 0 aromatic carbocycles. The van der Waals surface area contributed by atoms with Crippen molar-refractivity contribution in [2.45, 2.75) is 51.6 Å². The minimum absolute atomic E-state index is 0.0220. The van der Waals surface area contributed by atoms with Gasteiger partial charge in [0.15, 0.2) is 0 Å². The summed E-state index contributed by atoms with van der Waals surface area (Å²) in [7, 11) is 0. The van der Waals surface area contributed by atoms with Crippen molar-refractivity contribution in [1.29, 1.82) is 0 Å². The van der Waals surface area contributed by atoms with E-state index < -0.39 is 35.9 Å². The second-order valence-corrected chi connectivity index (χ2v) is 10.2. The molecular weight excluding hydrogens is 488 g/mol. The summed E-state index contributed by atoms with van der Waals surface area (Å²) in [5.41, 5.74) is 0. The molecule has 0 saturated carbocycles. The maximum absolute atomic E-state index is 12.1. The zero-order valence-corrected chi connectivity index (χ0v) is 21.7. The van der Waals surface area contributed by atoms with Gasteiger partial charge in [-0.2, -0.15) is 0 Å². The van der Waals surface area contributed by atoms with Gasteiger partial charge in [0.25, 0.3) is 0 Å². The van der Waals surface area contributed by atoms with E-state index in [2.05, 4.69) is 18.7 Å². The fourth-order valence-corrected chi connectivity index (χ4v) is 4.92. The molecule has 2 rings (SSSR count). The van der Waals surface area contributed by atoms with Crippen LogP contribution in [0.4, 0.5) is 0 Å². The van der Waals surface area contributed by atoms with Gasteiger partial charge in [0.05, 0.1) is 32.5 Å². The lowest BCUT2D eigenvalue weighted by atomic mass is 9.97. The Bertz CT molecular complexity index is 806. The Kier molecular flexibility index (Phi) is 12.4. The van der Waals surface area contributed by atoms with Crippen LogP contribution in [0, 0.1) is 5.92 Å². The van der Waals surface area contributed by atoms with Gasteiger partial charge in [-0.1, -0.05) is 13.8 Å². The zero-order chi connectivity index (χ0) is 27.5. The molecule has 3 N–H and O–H groups in total. The van der Waals surface area contributed by atoms with Crippen LogP contribution in [0.2, 0.25) is 0 Å². The average Bonchev–Trinajstić information content (AvgIpc) is 2.76. The number of aliphatic carboxylic acids is 3. The molecule has 0 aromatic rings. The second-order valence-electron chi connectivity index (χ2n) is 10.2. The third-order valence-corrected chi connectivity index (χ3v) is 6.73. The van der Waals surface area contributed by atoms with Crippen LogP contribution in [0.15, 0.2) is 0 Å². The molecule has 37 heavy (non-hydrogen) atoms. The largest absolute Gasteiger partial charge is 0.480 e. The number of ether oxygens (including phenoxy) is 1. The molecule has 13 nitrogen and oxygen atoms in total. The minimum Gasteiger partial charge on any atom is -0.480 e. The third kappa shape index (κ3) is 11.5. The van der Waals surface area contributed by atoms with Crippen molar-refractivity contribution in [1.82, 2.24) is 19.6 Å². The van der Waals surface area contributed by atoms with Crippen LogP contribution in [0.5, 0.6) is 0 Å². The molecule has 2 saturated heterocycles. The molecule has 0 amide bonds. The first-order valence-electron chi connectivity index (χ1n) is 12.7. The number of carboxylic acids is 3. The Morgan fingerprint density at radius 3 is 1.68 bits per heavy atom. The number of esters is 2. The van der Waals surface area contributed by atoms with E-state index in [4.69, 9.17) is 4.74 Å². The van der Waals surface area contributed by atoms with Gasteiger partial charge in [-0.25, -0.2) is 0 Å². The summed E-state index contributed by atoms with van der Waals surface area (Å²) in [6.45, 7) is 5.68. The molecular formula is C24H40N4O9. The van der Waals surface area contributed by atoms with E-state index in [1.807, 2.05) is 0 Å². The van der Waals surface area contributed by atoms with Crippen molar-refractivity contribution in [3.05, 3.63) is 0 Å². The lowest BCUT2D eigenvalue weighted by molar-refractivity contribution is -0.166. The minimum atomic E-state index is -1.02. The molecule has 0 aromatic heterocycles. The molecule has 210 valence electrons. The number of carbonyl (C=O) groups is 5. The predicted octanol–water partition coefficient (Wildman–Crippen LogP) is -0.501. The molecule has 0 bridgehead atoms. The van der Waals surface area contributed by atoms with Gasteiger partial charge < -0.3 is 20.1 Å². The SMILES string of the molecule is CC(C)CCC1CN(CC(=O)O)CCN(CC(=O)O)CCN(CC(=O)O)CCN1C1CC(=O)OC(=O)C1. The van der Waals surface area contributed by atoms with Crippen LogP contribution in [0.25, 0.3) is 0 Å². The molecule has 2 aliphatic heterocycles. The van der Waals surface area contributed by atoms with Crippen LogP contribution in [0.1, 0.15) is 39.5 Å². The first-order valence-corrected chi connectivity index (χ1v) is 12.7. The smallest absolute Gasteiger partial charge is 0.317 e. The first kappa shape index (κ1) is 30.6. The van der Waals surface area contributed by atoms with E-state index in [0.29, 0.717) is 58.2 Å². The topological polar surface area (TPSA) is 168 Å². The molecule has 1 unspecified atom stereocenters. The van der Waals surface area contributed by atoms with Crippen LogP contribution in [-0.2, 0) is 28.7 Å². The van der Waals surface area contributed by atoms with Crippen LogP contribution >= 0.6 is 0 Å². The summed E-state index contributed by atoms with van der Waals surface area (Å²) in [5.74, 6) is -3.88. The van der Waals surface area contributed by atoms with E-state index in [9.17, 15) is 39.3 Å². The average molecular weight is 529 g/mol. The normalized spacial score (nSPS) is 22.8. The van der Waals surface area contributed by atoms with Crippen molar-refractivity contribution >= 4 is 29.8 Å². The Labute approximate surface area is 216 Å². The van der Waals surface area contributed by atoms with Crippen molar-refractivity contribution in [2.24, 2.45) is 5.92 Å². The monoisotopic (exact) mass is 528 g/mol. The maximum atomic E-state index is 12.1. The highest BCUT2D eigenvalue weighted by Crippen LogP contribution is 2.23. The summed E-state index contributed by atoms with van der Waals surface area (Å²) in [4.78, 5) is 66.1. The highest BCUT2D eigenvalue weighted by Gasteiger charge is 2.36. The molecule has 0 spiro atoms. The summed E-state index contributed by atoms with van der Waals surface area (Å²) in [5, 5.41) is 28.3. The van der Waals surface area contributed by atoms with E-state index in [-0.39, 0.29) is 38.5 Å². The Balaban J connectivity index is 2.40. The van der Waals surface area contributed by atoms with Crippen molar-refractivity contribution in [3.63, 3.8) is 0 Å². The summed E-state index contributed by atoms with van der Waals surface area (Å²) in [6.07, 6.45) is 1.56. The van der Waals surface area contributed by atoms with E-state index in [0.717, 1.165) is 6.42 Å². The summed E-state index contributed by atoms with van der Waals surface area (Å²) >= 11 is 0. The number of nitrogens with zero attached hydrogens (tertiary/aromatic N) is 4. The molecule has 13 heteroatoms. The number of rotatable bonds is 10. The molecule has 0 aliphatic carbocycles. The highest BCUT2D eigenvalue weighted by atomic mass is 16.6. The zero-order valence-electron chi connectivity index (χ0n) is 21.7. The fraction of sp³-hybridized carbons (Fsp3) is 0.792. The third-order valence-electron chi connectivity index (χ3n) is 6.73. The van der Waals surface area contributed by atoms with Gasteiger partial charge in [0, 0.05) is 57.9 Å². The van der Waals surface area contributed by atoms with Crippen molar-refractivity contribution in [3.8, 4) is 0 Å². The molecule has 2 aliphatic rings. The predicted molar refractivity (Wildman–Crippen MR) is 131 cm³/mol. The number of hydrogen-bond donors (Lipinski definition) is 3. The lowest BCUT2D eigenvalue weighted by Crippen LogP contribution is -2.56. The number of hydrogen-bond acceptors (Lipinski definition) is 10. The number of cyclic esters (lactones) is 2. The van der Waals surface area contributed by atoms with Crippen LogP contribution in [0.3, 0.4) is 0 Å². The standard InChI is InChI=1S/C24H40N4O9/c1-17(2)3-4-18-13-27(16-22(33)34)8-7-25(14-20(29)30)5-6-26(15-21(31)32)9-10-28(18)19-11-23(35)37-24(36)12-19/h17-19H,3-16H2,1-2H3,(H,29,30)(H,31,32)(H,33,34). The Hall–Kier alpha value is -2.61. The van der Waals surface area contributed by atoms with E-state index >= 15 is 0 Å². The van der Waals surface area contributed by atoms with E-state index in [1.165, 1.54) is 0 Å². The van der Waals surface area contributed by atoms with Crippen LogP contribution < -0.4 is 0 Å². The number of carbonyl (C=O) groups excluding carboxylic acids is 2. The molecule has 0 radical (unpaired) electrons. The fourth-order valence-electron chi connectivity index (χ4n) is 4.92. The van der Waals surface area contributed by atoms with Crippen LogP contribution in [-0.4, -0.2) is 142 Å². The molecule has 1 atom stereocenters. The van der Waals surface area contributed by atoms with Gasteiger partial charge in [-0.05, 0) is 18.8 Å². The summed E-state index contributed by atoms with van der Waals surface area (Å²) in [6, 6.07) is -0.639. The van der Waals surface area contributed by atoms with E-state index in [1.54, 1.807) is 14.7 Å². The molecule has 2 heterocycles. The number of carboxylic acid groups (broad SMARTS) is 3. The van der Waals surface area contributed by atoms with Gasteiger partial charge in [-0.3, -0.25) is 43.6 Å². The van der Waals surface area contributed by atoms with Crippen molar-refractivity contribution in [2.75, 3.05) is 65.4 Å². The second kappa shape index (κ2) is 15.0. The quantitative estimate of drug-likeness (QED) is 0.245. The van der Waals surface area contributed by atoms with Gasteiger partial charge >= 0.3 is 29.8 Å². The van der Waals surface area contributed by atoms with Crippen molar-refractivity contribution < 1.29 is 44.0 Å². The lowest BCUT2D eigenvalue weighted by Gasteiger charge is -2.42. The van der Waals surface area contributed by atoms with Gasteiger partial charge in [-0.15, -0.1) is 0 Å². The Morgan fingerprint density at radius 1 is 0.784 bits per heavy atom.